The zero-order valence-electron chi connectivity index (χ0n) is 12.4. The second-order valence-corrected chi connectivity index (χ2v) is 5.52. The molecule has 1 amide bonds. The molecule has 0 spiro atoms. The summed E-state index contributed by atoms with van der Waals surface area (Å²) in [4.78, 5) is 12.1. The van der Waals surface area contributed by atoms with Crippen molar-refractivity contribution in [3.8, 4) is 0 Å². The van der Waals surface area contributed by atoms with Gasteiger partial charge in [-0.15, -0.1) is 0 Å². The van der Waals surface area contributed by atoms with Crippen molar-refractivity contribution < 1.29 is 9.90 Å². The van der Waals surface area contributed by atoms with Crippen molar-refractivity contribution in [3.05, 3.63) is 71.8 Å². The number of hydrogen-bond donors (Lipinski definition) is 2. The molecular formula is C18H21NO2. The van der Waals surface area contributed by atoms with Gasteiger partial charge in [0.15, 0.2) is 0 Å². The Hall–Kier alpha value is -2.13. The first-order valence-corrected chi connectivity index (χ1v) is 7.11. The van der Waals surface area contributed by atoms with Crippen LogP contribution >= 0.6 is 0 Å². The van der Waals surface area contributed by atoms with Crippen LogP contribution in [0.1, 0.15) is 37.4 Å². The van der Waals surface area contributed by atoms with Crippen molar-refractivity contribution in [1.82, 2.24) is 5.32 Å². The summed E-state index contributed by atoms with van der Waals surface area (Å²) >= 11 is 0. The number of carbonyl (C=O) groups excluding carboxylic acids is 1. The molecule has 0 radical (unpaired) electrons. The van der Waals surface area contributed by atoms with Gasteiger partial charge < -0.3 is 10.4 Å². The highest BCUT2D eigenvalue weighted by molar-refractivity contribution is 5.77. The molecule has 0 heterocycles. The summed E-state index contributed by atoms with van der Waals surface area (Å²) in [5.74, 6) is -0.166. The SMILES string of the molecule is CC(NC(=O)CC(C)(O)c1ccccc1)c1ccccc1. The Balaban J connectivity index is 1.98. The Kier molecular flexibility index (Phi) is 4.76. The number of nitrogens with one attached hydrogen (secondary N) is 1. The fraction of sp³-hybridized carbons (Fsp3) is 0.278. The summed E-state index contributed by atoms with van der Waals surface area (Å²) in [5.41, 5.74) is 0.625. The molecule has 2 unspecified atom stereocenters. The second kappa shape index (κ2) is 6.55. The van der Waals surface area contributed by atoms with E-state index in [0.717, 1.165) is 11.1 Å². The predicted molar refractivity (Wildman–Crippen MR) is 83.6 cm³/mol. The molecule has 2 N–H and O–H groups in total. The smallest absolute Gasteiger partial charge is 0.223 e. The molecule has 3 nitrogen and oxygen atoms in total. The lowest BCUT2D eigenvalue weighted by Crippen LogP contribution is -2.34. The van der Waals surface area contributed by atoms with Crippen LogP contribution < -0.4 is 5.32 Å². The summed E-state index contributed by atoms with van der Waals surface area (Å²) < 4.78 is 0. The van der Waals surface area contributed by atoms with E-state index in [1.54, 1.807) is 6.92 Å². The van der Waals surface area contributed by atoms with E-state index in [1.807, 2.05) is 67.6 Å². The minimum Gasteiger partial charge on any atom is -0.385 e. The summed E-state index contributed by atoms with van der Waals surface area (Å²) in [7, 11) is 0. The molecular weight excluding hydrogens is 262 g/mol. The van der Waals surface area contributed by atoms with Crippen LogP contribution in [0.3, 0.4) is 0 Å². The Morgan fingerprint density at radius 1 is 1.10 bits per heavy atom. The maximum Gasteiger partial charge on any atom is 0.223 e. The molecule has 0 aliphatic rings. The summed E-state index contributed by atoms with van der Waals surface area (Å²) in [6, 6.07) is 18.9. The Labute approximate surface area is 125 Å². The van der Waals surface area contributed by atoms with Crippen molar-refractivity contribution in [1.29, 1.82) is 0 Å². The number of benzene rings is 2. The normalized spacial score (nSPS) is 15.0. The van der Waals surface area contributed by atoms with Crippen LogP contribution in [0.15, 0.2) is 60.7 Å². The Bertz CT molecular complexity index is 579. The molecule has 0 aromatic heterocycles. The van der Waals surface area contributed by atoms with Crippen molar-refractivity contribution >= 4 is 5.91 Å². The Morgan fingerprint density at radius 2 is 1.62 bits per heavy atom. The van der Waals surface area contributed by atoms with Gasteiger partial charge in [0.05, 0.1) is 18.1 Å². The molecule has 21 heavy (non-hydrogen) atoms. The minimum atomic E-state index is -1.16. The lowest BCUT2D eigenvalue weighted by atomic mass is 9.92. The van der Waals surface area contributed by atoms with Gasteiger partial charge in [-0.05, 0) is 25.0 Å². The van der Waals surface area contributed by atoms with Crippen LogP contribution in [0.5, 0.6) is 0 Å². The van der Waals surface area contributed by atoms with E-state index in [9.17, 15) is 9.90 Å². The molecule has 2 aromatic carbocycles. The summed E-state index contributed by atoms with van der Waals surface area (Å²) in [6.07, 6.45) is 0.0359. The van der Waals surface area contributed by atoms with E-state index in [4.69, 9.17) is 0 Å². The highest BCUT2D eigenvalue weighted by atomic mass is 16.3. The van der Waals surface area contributed by atoms with Gasteiger partial charge in [-0.3, -0.25) is 4.79 Å². The van der Waals surface area contributed by atoms with Crippen molar-refractivity contribution in [2.75, 3.05) is 0 Å². The fourth-order valence-electron chi connectivity index (χ4n) is 2.33. The topological polar surface area (TPSA) is 49.3 Å². The minimum absolute atomic E-state index is 0.0359. The quantitative estimate of drug-likeness (QED) is 0.885. The first-order chi connectivity index (χ1) is 9.99. The summed E-state index contributed by atoms with van der Waals surface area (Å²) in [6.45, 7) is 3.60. The number of aliphatic hydroxyl groups is 1. The van der Waals surface area contributed by atoms with Crippen LogP contribution in [0.2, 0.25) is 0 Å². The number of carbonyl (C=O) groups is 1. The zero-order valence-corrected chi connectivity index (χ0v) is 12.4. The molecule has 0 aliphatic heterocycles. The van der Waals surface area contributed by atoms with Crippen LogP contribution in [0.4, 0.5) is 0 Å². The molecule has 110 valence electrons. The molecule has 2 atom stereocenters. The largest absolute Gasteiger partial charge is 0.385 e. The van der Waals surface area contributed by atoms with E-state index in [2.05, 4.69) is 5.32 Å². The first-order valence-electron chi connectivity index (χ1n) is 7.11. The van der Waals surface area contributed by atoms with E-state index in [-0.39, 0.29) is 18.4 Å². The molecule has 3 heteroatoms. The van der Waals surface area contributed by atoms with Crippen molar-refractivity contribution in [3.63, 3.8) is 0 Å². The molecule has 0 aliphatic carbocycles. The third-order valence-corrected chi connectivity index (χ3v) is 3.58. The predicted octanol–water partition coefficient (Wildman–Crippen LogP) is 3.16. The van der Waals surface area contributed by atoms with Gasteiger partial charge in [0.2, 0.25) is 5.91 Å². The van der Waals surface area contributed by atoms with Crippen LogP contribution in [-0.2, 0) is 10.4 Å². The molecule has 0 saturated heterocycles. The molecule has 2 rings (SSSR count). The third-order valence-electron chi connectivity index (χ3n) is 3.58. The van der Waals surface area contributed by atoms with Gasteiger partial charge in [-0.2, -0.15) is 0 Å². The number of amides is 1. The van der Waals surface area contributed by atoms with Gasteiger partial charge >= 0.3 is 0 Å². The lowest BCUT2D eigenvalue weighted by molar-refractivity contribution is -0.126. The maximum absolute atomic E-state index is 12.1. The van der Waals surface area contributed by atoms with Gasteiger partial charge in [0, 0.05) is 0 Å². The van der Waals surface area contributed by atoms with E-state index >= 15 is 0 Å². The number of rotatable bonds is 5. The fourth-order valence-corrected chi connectivity index (χ4v) is 2.33. The molecule has 0 saturated carbocycles. The lowest BCUT2D eigenvalue weighted by Gasteiger charge is -2.24. The molecule has 0 bridgehead atoms. The van der Waals surface area contributed by atoms with Gasteiger partial charge in [-0.25, -0.2) is 0 Å². The average Bonchev–Trinajstić information content (AvgIpc) is 2.48. The third kappa shape index (κ3) is 4.17. The molecule has 0 fully saturated rings. The number of hydrogen-bond acceptors (Lipinski definition) is 2. The first kappa shape index (κ1) is 15.3. The van der Waals surface area contributed by atoms with Gasteiger partial charge in [-0.1, -0.05) is 60.7 Å². The van der Waals surface area contributed by atoms with E-state index in [0.29, 0.717) is 0 Å². The van der Waals surface area contributed by atoms with Gasteiger partial charge in [0.25, 0.3) is 0 Å². The van der Waals surface area contributed by atoms with Crippen LogP contribution in [0.25, 0.3) is 0 Å². The van der Waals surface area contributed by atoms with Crippen LogP contribution in [0, 0.1) is 0 Å². The van der Waals surface area contributed by atoms with E-state index < -0.39 is 5.60 Å². The monoisotopic (exact) mass is 283 g/mol. The van der Waals surface area contributed by atoms with Crippen molar-refractivity contribution in [2.24, 2.45) is 0 Å². The highest BCUT2D eigenvalue weighted by Crippen LogP contribution is 2.24. The van der Waals surface area contributed by atoms with Crippen molar-refractivity contribution in [2.45, 2.75) is 31.9 Å². The maximum atomic E-state index is 12.1. The second-order valence-electron chi connectivity index (χ2n) is 5.52. The Morgan fingerprint density at radius 3 is 2.19 bits per heavy atom. The van der Waals surface area contributed by atoms with E-state index in [1.165, 1.54) is 0 Å². The average molecular weight is 283 g/mol. The molecule has 2 aromatic rings. The van der Waals surface area contributed by atoms with Crippen LogP contribution in [-0.4, -0.2) is 11.0 Å². The van der Waals surface area contributed by atoms with Gasteiger partial charge in [0.1, 0.15) is 0 Å². The standard InChI is InChI=1S/C18H21NO2/c1-14(15-9-5-3-6-10-15)19-17(20)13-18(2,21)16-11-7-4-8-12-16/h3-12,14,21H,13H2,1-2H3,(H,19,20). The zero-order chi connectivity index (χ0) is 15.3. The highest BCUT2D eigenvalue weighted by Gasteiger charge is 2.27. The summed E-state index contributed by atoms with van der Waals surface area (Å²) in [5, 5.41) is 13.4.